The van der Waals surface area contributed by atoms with E-state index in [9.17, 15) is 14.0 Å². The van der Waals surface area contributed by atoms with Crippen molar-refractivity contribution in [3.63, 3.8) is 0 Å². The maximum Gasteiger partial charge on any atom is 0.262 e. The molecule has 0 aliphatic heterocycles. The number of aromatic nitrogens is 2. The van der Waals surface area contributed by atoms with E-state index in [0.717, 1.165) is 29.7 Å². The Kier molecular flexibility index (Phi) is 5.02. The van der Waals surface area contributed by atoms with E-state index in [-0.39, 0.29) is 30.4 Å². The van der Waals surface area contributed by atoms with Gasteiger partial charge in [0.25, 0.3) is 5.56 Å². The summed E-state index contributed by atoms with van der Waals surface area (Å²) in [5, 5.41) is 0.666. The first-order chi connectivity index (χ1) is 13.4. The molecule has 2 aromatic heterocycles. The van der Waals surface area contributed by atoms with Gasteiger partial charge >= 0.3 is 0 Å². The number of benzene rings is 1. The van der Waals surface area contributed by atoms with Gasteiger partial charge in [-0.25, -0.2) is 9.37 Å². The number of carbonyl (C=O) groups is 1. The number of likely N-dealkylation sites (N-methyl/N-ethyl adjacent to an activating group) is 1. The molecule has 1 amide bonds. The lowest BCUT2D eigenvalue weighted by Gasteiger charge is -2.19. The van der Waals surface area contributed by atoms with Crippen LogP contribution in [0.3, 0.4) is 0 Å². The number of thiophene rings is 1. The second-order valence-corrected chi connectivity index (χ2v) is 8.63. The van der Waals surface area contributed by atoms with Crippen LogP contribution in [0.1, 0.15) is 29.3 Å². The molecule has 1 aliphatic carbocycles. The Morgan fingerprint density at radius 1 is 1.39 bits per heavy atom. The van der Waals surface area contributed by atoms with Crippen LogP contribution in [0.4, 0.5) is 4.39 Å². The third-order valence-electron chi connectivity index (χ3n) is 5.38. The number of rotatable bonds is 4. The van der Waals surface area contributed by atoms with Crippen LogP contribution in [-0.4, -0.2) is 27.4 Å². The molecule has 3 aromatic rings. The second kappa shape index (κ2) is 7.47. The second-order valence-electron chi connectivity index (χ2n) is 7.55. The highest BCUT2D eigenvalue weighted by molar-refractivity contribution is 7.18. The monoisotopic (exact) mass is 399 g/mol. The van der Waals surface area contributed by atoms with Gasteiger partial charge in [-0.3, -0.25) is 14.2 Å². The largest absolute Gasteiger partial charge is 0.340 e. The fourth-order valence-corrected chi connectivity index (χ4v) is 5.06. The predicted molar refractivity (Wildman–Crippen MR) is 108 cm³/mol. The van der Waals surface area contributed by atoms with Gasteiger partial charge in [0.05, 0.1) is 11.7 Å². The highest BCUT2D eigenvalue weighted by Gasteiger charge is 2.23. The number of hydrogen-bond acceptors (Lipinski definition) is 4. The Morgan fingerprint density at radius 3 is 2.96 bits per heavy atom. The molecule has 0 N–H and O–H groups in total. The third-order valence-corrected chi connectivity index (χ3v) is 6.54. The molecule has 0 unspecified atom stereocenters. The van der Waals surface area contributed by atoms with Gasteiger partial charge in [-0.2, -0.15) is 0 Å². The lowest BCUT2D eigenvalue weighted by molar-refractivity contribution is -0.131. The Bertz CT molecular complexity index is 1100. The first-order valence-electron chi connectivity index (χ1n) is 9.41. The van der Waals surface area contributed by atoms with Crippen molar-refractivity contribution in [1.82, 2.24) is 14.5 Å². The first-order valence-corrected chi connectivity index (χ1v) is 10.2. The van der Waals surface area contributed by atoms with Crippen LogP contribution < -0.4 is 5.56 Å². The number of nitrogens with zero attached hydrogens (tertiary/aromatic N) is 3. The highest BCUT2D eigenvalue weighted by Crippen LogP contribution is 2.35. The summed E-state index contributed by atoms with van der Waals surface area (Å²) in [7, 11) is 1.61. The van der Waals surface area contributed by atoms with Crippen molar-refractivity contribution in [3.8, 4) is 0 Å². The van der Waals surface area contributed by atoms with Crippen molar-refractivity contribution in [2.24, 2.45) is 5.92 Å². The van der Waals surface area contributed by atoms with Crippen molar-refractivity contribution in [2.75, 3.05) is 7.05 Å². The van der Waals surface area contributed by atoms with Crippen molar-refractivity contribution in [3.05, 3.63) is 62.8 Å². The molecule has 2 heterocycles. The predicted octanol–water partition coefficient (Wildman–Crippen LogP) is 3.38. The molecule has 7 heteroatoms. The third kappa shape index (κ3) is 3.46. The lowest BCUT2D eigenvalue weighted by Crippen LogP contribution is -2.34. The summed E-state index contributed by atoms with van der Waals surface area (Å²) in [6.07, 6.45) is 4.39. The number of fused-ring (bicyclic) bond motifs is 3. The summed E-state index contributed by atoms with van der Waals surface area (Å²) >= 11 is 1.59. The van der Waals surface area contributed by atoms with E-state index in [2.05, 4.69) is 11.9 Å². The number of hydrogen-bond donors (Lipinski definition) is 0. The van der Waals surface area contributed by atoms with Crippen LogP contribution in [0, 0.1) is 11.7 Å². The zero-order valence-electron chi connectivity index (χ0n) is 15.9. The molecule has 0 saturated carbocycles. The van der Waals surface area contributed by atoms with Gasteiger partial charge in [-0.1, -0.05) is 25.1 Å². The van der Waals surface area contributed by atoms with Crippen LogP contribution in [-0.2, 0) is 30.7 Å². The summed E-state index contributed by atoms with van der Waals surface area (Å²) in [6, 6.07) is 6.37. The SMILES string of the molecule is C[C@@H]1CCc2c(sc3ncn(CC(=O)N(C)Cc4ccccc4F)c(=O)c23)C1. The maximum atomic E-state index is 13.8. The fourth-order valence-electron chi connectivity index (χ4n) is 3.72. The van der Waals surface area contributed by atoms with Crippen LogP contribution in [0.5, 0.6) is 0 Å². The minimum atomic E-state index is -0.346. The Morgan fingerprint density at radius 2 is 2.18 bits per heavy atom. The fraction of sp³-hybridized carbons (Fsp3) is 0.381. The summed E-state index contributed by atoms with van der Waals surface area (Å²) in [5.41, 5.74) is 1.39. The number of amides is 1. The van der Waals surface area contributed by atoms with Crippen molar-refractivity contribution >= 4 is 27.5 Å². The molecule has 0 spiro atoms. The van der Waals surface area contributed by atoms with Gasteiger partial charge < -0.3 is 4.90 Å². The molecule has 1 aromatic carbocycles. The summed E-state index contributed by atoms with van der Waals surface area (Å²) in [5.74, 6) is 0.0159. The van der Waals surface area contributed by atoms with Gasteiger partial charge in [0.15, 0.2) is 0 Å². The molecule has 0 saturated heterocycles. The molecule has 0 bridgehead atoms. The minimum Gasteiger partial charge on any atom is -0.340 e. The van der Waals surface area contributed by atoms with Gasteiger partial charge in [-0.05, 0) is 36.8 Å². The molecule has 1 atom stereocenters. The minimum absolute atomic E-state index is 0.103. The smallest absolute Gasteiger partial charge is 0.262 e. The standard InChI is InChI=1S/C21H22FN3O2S/c1-13-7-8-15-17(9-13)28-20-19(15)21(27)25(12-23-20)11-18(26)24(2)10-14-5-3-4-6-16(14)22/h3-6,12-13H,7-11H2,1-2H3/t13-/m1/s1. The van der Waals surface area contributed by atoms with E-state index >= 15 is 0 Å². The van der Waals surface area contributed by atoms with Gasteiger partial charge in [0.1, 0.15) is 17.2 Å². The Hall–Kier alpha value is -2.54. The van der Waals surface area contributed by atoms with Gasteiger partial charge in [0, 0.05) is 24.0 Å². The molecule has 146 valence electrons. The average molecular weight is 399 g/mol. The average Bonchev–Trinajstić information content (AvgIpc) is 3.03. The van der Waals surface area contributed by atoms with Crippen molar-refractivity contribution in [2.45, 2.75) is 39.3 Å². The van der Waals surface area contributed by atoms with E-state index in [0.29, 0.717) is 16.9 Å². The zero-order valence-corrected chi connectivity index (χ0v) is 16.8. The van der Waals surface area contributed by atoms with E-state index < -0.39 is 0 Å². The molecule has 28 heavy (non-hydrogen) atoms. The lowest BCUT2D eigenvalue weighted by atomic mass is 9.89. The number of aryl methyl sites for hydroxylation is 1. The molecule has 4 rings (SSSR count). The zero-order chi connectivity index (χ0) is 19.8. The van der Waals surface area contributed by atoms with Crippen LogP contribution in [0.2, 0.25) is 0 Å². The van der Waals surface area contributed by atoms with Crippen LogP contribution in [0.25, 0.3) is 10.2 Å². The molecular formula is C21H22FN3O2S. The molecule has 5 nitrogen and oxygen atoms in total. The Balaban J connectivity index is 1.58. The normalized spacial score (nSPS) is 16.2. The summed E-state index contributed by atoms with van der Waals surface area (Å²) < 4.78 is 15.2. The van der Waals surface area contributed by atoms with Crippen LogP contribution >= 0.6 is 11.3 Å². The van der Waals surface area contributed by atoms with E-state index in [1.54, 1.807) is 36.6 Å². The Labute approximate surface area is 166 Å². The topological polar surface area (TPSA) is 55.2 Å². The number of halogens is 1. The maximum absolute atomic E-state index is 13.8. The van der Waals surface area contributed by atoms with E-state index in [1.165, 1.54) is 26.7 Å². The molecule has 0 fully saturated rings. The van der Waals surface area contributed by atoms with E-state index in [4.69, 9.17) is 0 Å². The first kappa shape index (κ1) is 18.8. The van der Waals surface area contributed by atoms with Crippen molar-refractivity contribution < 1.29 is 9.18 Å². The molecule has 1 aliphatic rings. The summed E-state index contributed by atoms with van der Waals surface area (Å²) in [6.45, 7) is 2.28. The van der Waals surface area contributed by atoms with Gasteiger partial charge in [0.2, 0.25) is 5.91 Å². The van der Waals surface area contributed by atoms with Gasteiger partial charge in [-0.15, -0.1) is 11.3 Å². The van der Waals surface area contributed by atoms with E-state index in [1.807, 2.05) is 0 Å². The van der Waals surface area contributed by atoms with Crippen molar-refractivity contribution in [1.29, 1.82) is 0 Å². The highest BCUT2D eigenvalue weighted by atomic mass is 32.1. The van der Waals surface area contributed by atoms with Crippen LogP contribution in [0.15, 0.2) is 35.4 Å². The quantitative estimate of drug-likeness (QED) is 0.676. The molecular weight excluding hydrogens is 377 g/mol. The molecule has 0 radical (unpaired) electrons. The summed E-state index contributed by atoms with van der Waals surface area (Å²) in [4.78, 5) is 33.5. The number of carbonyl (C=O) groups excluding carboxylic acids is 1.